The molecule has 2 amide bonds. The van der Waals surface area contributed by atoms with Gasteiger partial charge in [-0.3, -0.25) is 9.59 Å². The van der Waals surface area contributed by atoms with Crippen molar-refractivity contribution in [1.82, 2.24) is 14.9 Å². The molecule has 154 valence electrons. The first-order valence-corrected chi connectivity index (χ1v) is 10.5. The third-order valence-corrected chi connectivity index (χ3v) is 5.67. The molecular formula is C22H28N4O3. The molecule has 0 aliphatic carbocycles. The minimum Gasteiger partial charge on any atom is -0.376 e. The Morgan fingerprint density at radius 3 is 2.72 bits per heavy atom. The van der Waals surface area contributed by atoms with Crippen molar-refractivity contribution >= 4 is 17.5 Å². The van der Waals surface area contributed by atoms with Crippen LogP contribution in [0, 0.1) is 0 Å². The number of anilines is 1. The van der Waals surface area contributed by atoms with Crippen molar-refractivity contribution in [3.05, 3.63) is 47.0 Å². The maximum Gasteiger partial charge on any atom is 0.291 e. The number of hydrogen-bond acceptors (Lipinski definition) is 4. The van der Waals surface area contributed by atoms with Gasteiger partial charge in [0.1, 0.15) is 5.69 Å². The second kappa shape index (κ2) is 8.78. The lowest BCUT2D eigenvalue weighted by atomic mass is 10.1. The number of rotatable bonds is 6. The standard InChI is InChI=1S/C22H28N4O3/c1-2-15-8-10-16(11-9-15)24-22(28)20-25-19(18-7-3-4-12-26(18)20)21(27)23-14-17-6-5-13-29-17/h8-11,17H,2-7,12-14H2,1H3,(H,23,27)(H,24,28). The summed E-state index contributed by atoms with van der Waals surface area (Å²) in [6, 6.07) is 7.79. The number of nitrogens with zero attached hydrogens (tertiary/aromatic N) is 2. The van der Waals surface area contributed by atoms with Crippen molar-refractivity contribution in [1.29, 1.82) is 0 Å². The molecule has 1 saturated heterocycles. The molecular weight excluding hydrogens is 368 g/mol. The molecule has 0 bridgehead atoms. The van der Waals surface area contributed by atoms with Crippen molar-refractivity contribution in [2.24, 2.45) is 0 Å². The number of fused-ring (bicyclic) bond motifs is 1. The molecule has 3 heterocycles. The van der Waals surface area contributed by atoms with Crippen LogP contribution in [0.15, 0.2) is 24.3 Å². The number of hydrogen-bond donors (Lipinski definition) is 2. The van der Waals surface area contributed by atoms with Gasteiger partial charge in [0, 0.05) is 25.4 Å². The van der Waals surface area contributed by atoms with Gasteiger partial charge in [0.2, 0.25) is 0 Å². The summed E-state index contributed by atoms with van der Waals surface area (Å²) in [7, 11) is 0. The minimum atomic E-state index is -0.282. The van der Waals surface area contributed by atoms with Gasteiger partial charge >= 0.3 is 0 Å². The summed E-state index contributed by atoms with van der Waals surface area (Å²) < 4.78 is 7.48. The monoisotopic (exact) mass is 396 g/mol. The molecule has 0 spiro atoms. The summed E-state index contributed by atoms with van der Waals surface area (Å²) in [5.74, 6) is -0.199. The Morgan fingerprint density at radius 2 is 2.00 bits per heavy atom. The molecule has 2 aromatic rings. The zero-order chi connectivity index (χ0) is 20.2. The summed E-state index contributed by atoms with van der Waals surface area (Å²) in [5, 5.41) is 5.85. The van der Waals surface area contributed by atoms with E-state index in [4.69, 9.17) is 4.74 Å². The number of carbonyl (C=O) groups excluding carboxylic acids is 2. The number of benzene rings is 1. The van der Waals surface area contributed by atoms with Crippen LogP contribution >= 0.6 is 0 Å². The molecule has 7 heteroatoms. The Balaban J connectivity index is 1.51. The van der Waals surface area contributed by atoms with Crippen LogP contribution in [0.5, 0.6) is 0 Å². The van der Waals surface area contributed by atoms with Crippen LogP contribution < -0.4 is 10.6 Å². The average molecular weight is 396 g/mol. The lowest BCUT2D eigenvalue weighted by Gasteiger charge is -2.17. The Labute approximate surface area is 170 Å². The zero-order valence-electron chi connectivity index (χ0n) is 16.9. The molecule has 1 atom stereocenters. The van der Waals surface area contributed by atoms with Gasteiger partial charge in [-0.2, -0.15) is 0 Å². The normalized spacial score (nSPS) is 18.3. The molecule has 2 aliphatic rings. The Kier molecular flexibility index (Phi) is 5.94. The van der Waals surface area contributed by atoms with Crippen LogP contribution in [0.25, 0.3) is 0 Å². The second-order valence-electron chi connectivity index (χ2n) is 7.69. The number of carbonyl (C=O) groups is 2. The lowest BCUT2D eigenvalue weighted by molar-refractivity contribution is 0.0853. The highest BCUT2D eigenvalue weighted by atomic mass is 16.5. The van der Waals surface area contributed by atoms with E-state index in [0.717, 1.165) is 56.5 Å². The van der Waals surface area contributed by atoms with E-state index in [0.29, 0.717) is 24.6 Å². The predicted octanol–water partition coefficient (Wildman–Crippen LogP) is 2.94. The highest BCUT2D eigenvalue weighted by molar-refractivity contribution is 6.03. The Bertz CT molecular complexity index is 882. The van der Waals surface area contributed by atoms with E-state index in [9.17, 15) is 9.59 Å². The van der Waals surface area contributed by atoms with Crippen molar-refractivity contribution < 1.29 is 14.3 Å². The minimum absolute atomic E-state index is 0.0752. The molecule has 0 radical (unpaired) electrons. The Morgan fingerprint density at radius 1 is 1.17 bits per heavy atom. The third-order valence-electron chi connectivity index (χ3n) is 5.67. The van der Waals surface area contributed by atoms with E-state index in [-0.39, 0.29) is 17.9 Å². The molecule has 1 aromatic carbocycles. The highest BCUT2D eigenvalue weighted by Crippen LogP contribution is 2.22. The summed E-state index contributed by atoms with van der Waals surface area (Å²) >= 11 is 0. The van der Waals surface area contributed by atoms with Gasteiger partial charge in [0.15, 0.2) is 5.82 Å². The van der Waals surface area contributed by atoms with Gasteiger partial charge in [-0.25, -0.2) is 4.98 Å². The smallest absolute Gasteiger partial charge is 0.291 e. The van der Waals surface area contributed by atoms with E-state index >= 15 is 0 Å². The van der Waals surface area contributed by atoms with Crippen LogP contribution in [0.3, 0.4) is 0 Å². The van der Waals surface area contributed by atoms with E-state index in [1.807, 2.05) is 28.8 Å². The van der Waals surface area contributed by atoms with Crippen LogP contribution in [-0.4, -0.2) is 40.6 Å². The quantitative estimate of drug-likeness (QED) is 0.786. The molecule has 29 heavy (non-hydrogen) atoms. The van der Waals surface area contributed by atoms with Crippen LogP contribution in [-0.2, 0) is 24.1 Å². The average Bonchev–Trinajstić information content (AvgIpc) is 3.40. The predicted molar refractivity (Wildman–Crippen MR) is 110 cm³/mol. The molecule has 7 nitrogen and oxygen atoms in total. The molecule has 4 rings (SSSR count). The topological polar surface area (TPSA) is 85.2 Å². The van der Waals surface area contributed by atoms with Gasteiger partial charge in [-0.1, -0.05) is 19.1 Å². The van der Waals surface area contributed by atoms with Gasteiger partial charge in [0.05, 0.1) is 11.8 Å². The van der Waals surface area contributed by atoms with Crippen molar-refractivity contribution in [2.75, 3.05) is 18.5 Å². The van der Waals surface area contributed by atoms with Crippen LogP contribution in [0.1, 0.15) is 65.0 Å². The van der Waals surface area contributed by atoms with Gasteiger partial charge in [-0.15, -0.1) is 0 Å². The fourth-order valence-electron chi connectivity index (χ4n) is 4.00. The van der Waals surface area contributed by atoms with Crippen molar-refractivity contribution in [2.45, 2.75) is 58.1 Å². The number of aromatic nitrogens is 2. The van der Waals surface area contributed by atoms with Crippen LogP contribution in [0.2, 0.25) is 0 Å². The first-order valence-electron chi connectivity index (χ1n) is 10.5. The first-order chi connectivity index (χ1) is 14.2. The number of ether oxygens (including phenoxy) is 1. The molecule has 2 aliphatic heterocycles. The largest absolute Gasteiger partial charge is 0.376 e. The summed E-state index contributed by atoms with van der Waals surface area (Å²) in [6.45, 7) is 4.04. The third kappa shape index (κ3) is 4.34. The fourth-order valence-corrected chi connectivity index (χ4v) is 4.00. The SMILES string of the molecule is CCc1ccc(NC(=O)c2nc(C(=O)NCC3CCCO3)c3n2CCCC3)cc1. The van der Waals surface area contributed by atoms with E-state index in [2.05, 4.69) is 22.5 Å². The van der Waals surface area contributed by atoms with Gasteiger partial charge in [-0.05, 0) is 56.2 Å². The van der Waals surface area contributed by atoms with E-state index in [1.165, 1.54) is 5.56 Å². The number of aryl methyl sites for hydroxylation is 1. The first kappa shape index (κ1) is 19.6. The van der Waals surface area contributed by atoms with Gasteiger partial charge in [0.25, 0.3) is 11.8 Å². The summed E-state index contributed by atoms with van der Waals surface area (Å²) in [4.78, 5) is 30.1. The Hall–Kier alpha value is -2.67. The molecule has 1 unspecified atom stereocenters. The maximum atomic E-state index is 12.9. The maximum absolute atomic E-state index is 12.9. The van der Waals surface area contributed by atoms with E-state index in [1.54, 1.807) is 0 Å². The number of amides is 2. The number of nitrogens with one attached hydrogen (secondary N) is 2. The molecule has 1 fully saturated rings. The van der Waals surface area contributed by atoms with E-state index < -0.39 is 0 Å². The fraction of sp³-hybridized carbons (Fsp3) is 0.500. The molecule has 0 saturated carbocycles. The summed E-state index contributed by atoms with van der Waals surface area (Å²) in [5.41, 5.74) is 3.16. The van der Waals surface area contributed by atoms with Crippen molar-refractivity contribution in [3.63, 3.8) is 0 Å². The van der Waals surface area contributed by atoms with Crippen molar-refractivity contribution in [3.8, 4) is 0 Å². The van der Waals surface area contributed by atoms with Crippen LogP contribution in [0.4, 0.5) is 5.69 Å². The van der Waals surface area contributed by atoms with Gasteiger partial charge < -0.3 is 19.9 Å². The molecule has 2 N–H and O–H groups in total. The zero-order valence-corrected chi connectivity index (χ0v) is 16.9. The molecule has 1 aromatic heterocycles. The lowest BCUT2D eigenvalue weighted by Crippen LogP contribution is -2.32. The second-order valence-corrected chi connectivity index (χ2v) is 7.69. The number of imidazole rings is 1. The summed E-state index contributed by atoms with van der Waals surface area (Å²) in [6.07, 6.45) is 5.76. The highest BCUT2D eigenvalue weighted by Gasteiger charge is 2.28.